The predicted octanol–water partition coefficient (Wildman–Crippen LogP) is 2.09. The van der Waals surface area contributed by atoms with E-state index in [0.717, 1.165) is 0 Å². The fraction of sp³-hybridized carbons (Fsp3) is 0.111. The van der Waals surface area contributed by atoms with Crippen LogP contribution in [0.15, 0.2) is 24.3 Å². The summed E-state index contributed by atoms with van der Waals surface area (Å²) in [7, 11) is 1.17. The van der Waals surface area contributed by atoms with Crippen LogP contribution in [-0.4, -0.2) is 29.1 Å². The van der Waals surface area contributed by atoms with E-state index in [1.165, 1.54) is 19.2 Å². The van der Waals surface area contributed by atoms with Crippen LogP contribution in [0.3, 0.4) is 0 Å². The number of hydrogen-bond acceptors (Lipinski definition) is 2. The number of carbonyl (C=O) groups excluding carboxylic acids is 1. The Hall–Kier alpha value is -1.55. The van der Waals surface area contributed by atoms with E-state index in [2.05, 4.69) is 0 Å². The zero-order valence-corrected chi connectivity index (χ0v) is 8.15. The van der Waals surface area contributed by atoms with E-state index in [1.54, 1.807) is 12.1 Å². The first kappa shape index (κ1) is 10.5. The van der Waals surface area contributed by atoms with Gasteiger partial charge in [-0.3, -0.25) is 4.79 Å². The smallest absolute Gasteiger partial charge is 0.414 e. The van der Waals surface area contributed by atoms with Crippen LogP contribution < -0.4 is 0 Å². The van der Waals surface area contributed by atoms with Gasteiger partial charge < -0.3 is 5.11 Å². The Morgan fingerprint density at radius 1 is 1.36 bits per heavy atom. The highest BCUT2D eigenvalue weighted by Crippen LogP contribution is 2.16. The molecule has 2 amide bonds. The Kier molecular flexibility index (Phi) is 3.09. The molecule has 5 heteroatoms. The molecule has 0 aliphatic carbocycles. The molecule has 0 aliphatic heterocycles. The zero-order valence-electron chi connectivity index (χ0n) is 7.40. The largest absolute Gasteiger partial charge is 0.465 e. The number of amides is 2. The maximum absolute atomic E-state index is 11.5. The monoisotopic (exact) mass is 213 g/mol. The van der Waals surface area contributed by atoms with Crippen LogP contribution in [0.1, 0.15) is 10.4 Å². The second-order valence-electron chi connectivity index (χ2n) is 2.63. The van der Waals surface area contributed by atoms with Crippen molar-refractivity contribution in [3.8, 4) is 0 Å². The molecule has 4 nitrogen and oxygen atoms in total. The fourth-order valence-corrected chi connectivity index (χ4v) is 1.12. The molecule has 0 radical (unpaired) electrons. The van der Waals surface area contributed by atoms with Crippen LogP contribution in [-0.2, 0) is 0 Å². The SMILES string of the molecule is CN(C(=O)O)C(=O)c1ccccc1Cl. The molecule has 1 N–H and O–H groups in total. The van der Waals surface area contributed by atoms with E-state index in [4.69, 9.17) is 16.7 Å². The van der Waals surface area contributed by atoms with Crippen molar-refractivity contribution in [3.05, 3.63) is 34.9 Å². The molecule has 14 heavy (non-hydrogen) atoms. The minimum Gasteiger partial charge on any atom is -0.465 e. The van der Waals surface area contributed by atoms with Gasteiger partial charge >= 0.3 is 6.09 Å². The standard InChI is InChI=1S/C9H8ClNO3/c1-11(9(13)14)8(12)6-4-2-3-5-7(6)10/h2-5H,1H3,(H,13,14). The van der Waals surface area contributed by atoms with E-state index < -0.39 is 12.0 Å². The summed E-state index contributed by atoms with van der Waals surface area (Å²) in [5.74, 6) is -0.636. The summed E-state index contributed by atoms with van der Waals surface area (Å²) in [6, 6.07) is 6.29. The van der Waals surface area contributed by atoms with Gasteiger partial charge in [-0.1, -0.05) is 23.7 Å². The summed E-state index contributed by atoms with van der Waals surface area (Å²) in [6.45, 7) is 0. The third-order valence-corrected chi connectivity index (χ3v) is 2.03. The lowest BCUT2D eigenvalue weighted by Crippen LogP contribution is -2.31. The minimum atomic E-state index is -1.31. The van der Waals surface area contributed by atoms with Crippen molar-refractivity contribution in [2.75, 3.05) is 7.05 Å². The van der Waals surface area contributed by atoms with E-state index in [9.17, 15) is 9.59 Å². The zero-order chi connectivity index (χ0) is 10.7. The molecule has 0 bridgehead atoms. The van der Waals surface area contributed by atoms with Gasteiger partial charge in [-0.15, -0.1) is 0 Å². The highest BCUT2D eigenvalue weighted by Gasteiger charge is 2.19. The number of carbonyl (C=O) groups is 2. The molecule has 0 saturated carbocycles. The summed E-state index contributed by atoms with van der Waals surface area (Å²) >= 11 is 5.73. The highest BCUT2D eigenvalue weighted by molar-refractivity contribution is 6.34. The molecule has 0 aromatic heterocycles. The number of hydrogen-bond donors (Lipinski definition) is 1. The number of nitrogens with zero attached hydrogens (tertiary/aromatic N) is 1. The first-order valence-electron chi connectivity index (χ1n) is 3.79. The molecule has 0 spiro atoms. The maximum Gasteiger partial charge on any atom is 0.414 e. The van der Waals surface area contributed by atoms with Crippen molar-refractivity contribution in [1.29, 1.82) is 0 Å². The van der Waals surface area contributed by atoms with E-state index in [-0.39, 0.29) is 10.6 Å². The van der Waals surface area contributed by atoms with Crippen molar-refractivity contribution in [3.63, 3.8) is 0 Å². The first-order valence-corrected chi connectivity index (χ1v) is 4.17. The molecule has 0 unspecified atom stereocenters. The van der Waals surface area contributed by atoms with Crippen LogP contribution in [0.2, 0.25) is 5.02 Å². The van der Waals surface area contributed by atoms with Gasteiger partial charge in [-0.05, 0) is 12.1 Å². The highest BCUT2D eigenvalue weighted by atomic mass is 35.5. The number of halogens is 1. The quantitative estimate of drug-likeness (QED) is 0.777. The van der Waals surface area contributed by atoms with Gasteiger partial charge in [0.05, 0.1) is 10.6 Å². The molecule has 0 saturated heterocycles. The lowest BCUT2D eigenvalue weighted by Gasteiger charge is -2.11. The number of carboxylic acid groups (broad SMARTS) is 1. The fourth-order valence-electron chi connectivity index (χ4n) is 0.902. The Labute approximate surface area is 85.7 Å². The topological polar surface area (TPSA) is 57.6 Å². The predicted molar refractivity (Wildman–Crippen MR) is 51.6 cm³/mol. The van der Waals surface area contributed by atoms with Gasteiger partial charge in [0.1, 0.15) is 0 Å². The molecule has 0 heterocycles. The van der Waals surface area contributed by atoms with Gasteiger partial charge in [0.25, 0.3) is 5.91 Å². The number of rotatable bonds is 1. The normalized spacial score (nSPS) is 9.57. The summed E-state index contributed by atoms with van der Waals surface area (Å²) in [4.78, 5) is 22.5. The maximum atomic E-state index is 11.5. The average Bonchev–Trinajstić information content (AvgIpc) is 2.16. The lowest BCUT2D eigenvalue weighted by molar-refractivity contribution is 0.0782. The van der Waals surface area contributed by atoms with Crippen molar-refractivity contribution in [2.24, 2.45) is 0 Å². The molecular weight excluding hydrogens is 206 g/mol. The van der Waals surface area contributed by atoms with E-state index >= 15 is 0 Å². The third-order valence-electron chi connectivity index (χ3n) is 1.70. The van der Waals surface area contributed by atoms with Crippen LogP contribution in [0.5, 0.6) is 0 Å². The van der Waals surface area contributed by atoms with Crippen LogP contribution in [0, 0.1) is 0 Å². The lowest BCUT2D eigenvalue weighted by atomic mass is 10.2. The Bertz CT molecular complexity index is 378. The van der Waals surface area contributed by atoms with Gasteiger partial charge in [-0.25, -0.2) is 9.69 Å². The number of benzene rings is 1. The average molecular weight is 214 g/mol. The molecule has 0 atom stereocenters. The van der Waals surface area contributed by atoms with Gasteiger partial charge in [-0.2, -0.15) is 0 Å². The molecule has 0 aliphatic rings. The minimum absolute atomic E-state index is 0.180. The third kappa shape index (κ3) is 2.03. The molecule has 0 fully saturated rings. The summed E-state index contributed by atoms with van der Waals surface area (Å²) in [5.41, 5.74) is 0.180. The summed E-state index contributed by atoms with van der Waals surface area (Å²) in [5, 5.41) is 8.81. The molecule has 74 valence electrons. The molecule has 1 aromatic carbocycles. The van der Waals surface area contributed by atoms with Crippen molar-refractivity contribution in [1.82, 2.24) is 4.90 Å². The van der Waals surface area contributed by atoms with Crippen LogP contribution in [0.25, 0.3) is 0 Å². The Balaban J connectivity index is 3.01. The van der Waals surface area contributed by atoms with E-state index in [1.807, 2.05) is 0 Å². The second kappa shape index (κ2) is 4.11. The number of imide groups is 1. The van der Waals surface area contributed by atoms with Crippen LogP contribution in [0.4, 0.5) is 4.79 Å². The molecular formula is C9H8ClNO3. The van der Waals surface area contributed by atoms with Gasteiger partial charge in [0, 0.05) is 7.05 Å². The van der Waals surface area contributed by atoms with Crippen molar-refractivity contribution < 1.29 is 14.7 Å². The molecule has 1 aromatic rings. The first-order chi connectivity index (χ1) is 6.54. The second-order valence-corrected chi connectivity index (χ2v) is 3.03. The van der Waals surface area contributed by atoms with Crippen molar-refractivity contribution >= 4 is 23.6 Å². The van der Waals surface area contributed by atoms with Crippen molar-refractivity contribution in [2.45, 2.75) is 0 Å². The summed E-state index contributed by atoms with van der Waals surface area (Å²) < 4.78 is 0. The van der Waals surface area contributed by atoms with Gasteiger partial charge in [0.15, 0.2) is 0 Å². The van der Waals surface area contributed by atoms with E-state index in [0.29, 0.717) is 4.90 Å². The summed E-state index contributed by atoms with van der Waals surface area (Å²) in [6.07, 6.45) is -1.31. The van der Waals surface area contributed by atoms with Gasteiger partial charge in [0.2, 0.25) is 0 Å². The Morgan fingerprint density at radius 3 is 2.43 bits per heavy atom. The molecule has 1 rings (SSSR count). The van der Waals surface area contributed by atoms with Crippen LogP contribution >= 0.6 is 11.6 Å². The Morgan fingerprint density at radius 2 is 1.93 bits per heavy atom.